The predicted molar refractivity (Wildman–Crippen MR) is 167 cm³/mol. The molecule has 1 N–H and O–H groups in total. The van der Waals surface area contributed by atoms with E-state index in [0.29, 0.717) is 36.3 Å². The number of methoxy groups -OCH3 is 1. The molecule has 43 heavy (non-hydrogen) atoms. The van der Waals surface area contributed by atoms with E-state index in [-0.39, 0.29) is 23.8 Å². The van der Waals surface area contributed by atoms with E-state index in [2.05, 4.69) is 5.32 Å². The van der Waals surface area contributed by atoms with Gasteiger partial charge in [0.15, 0.2) is 0 Å². The van der Waals surface area contributed by atoms with Gasteiger partial charge >= 0.3 is 5.97 Å². The molecule has 0 bridgehead atoms. The number of hydrogen-bond donors (Lipinski definition) is 1. The Hall–Kier alpha value is -4.20. The number of esters is 1. The van der Waals surface area contributed by atoms with Crippen molar-refractivity contribution in [2.75, 3.05) is 13.7 Å². The summed E-state index contributed by atoms with van der Waals surface area (Å²) in [5.41, 5.74) is 3.16. The molecule has 0 aromatic heterocycles. The smallest absolute Gasteiger partial charge is 0.328 e. The molecule has 2 atom stereocenters. The number of benzene rings is 2. The third kappa shape index (κ3) is 8.89. The fourth-order valence-corrected chi connectivity index (χ4v) is 5.03. The third-order valence-corrected chi connectivity index (χ3v) is 7.10. The molecule has 2 unspecified atom stereocenters. The van der Waals surface area contributed by atoms with Crippen molar-refractivity contribution < 1.29 is 28.7 Å². The number of amides is 3. The van der Waals surface area contributed by atoms with Crippen molar-refractivity contribution in [2.45, 2.75) is 72.9 Å². The van der Waals surface area contributed by atoms with Crippen LogP contribution in [0.5, 0.6) is 5.75 Å². The average molecular weight is 589 g/mol. The lowest BCUT2D eigenvalue weighted by molar-refractivity contribution is -0.148. The maximum Gasteiger partial charge on any atom is 0.328 e. The number of imide groups is 1. The first-order valence-electron chi connectivity index (χ1n) is 14.8. The third-order valence-electron chi connectivity index (χ3n) is 7.10. The van der Waals surface area contributed by atoms with Crippen LogP contribution in [-0.2, 0) is 30.3 Å². The van der Waals surface area contributed by atoms with E-state index < -0.39 is 35.8 Å². The normalized spacial score (nSPS) is 14.7. The number of rotatable bonds is 14. The van der Waals surface area contributed by atoms with E-state index in [9.17, 15) is 19.2 Å². The molecule has 8 nitrogen and oxygen atoms in total. The summed E-state index contributed by atoms with van der Waals surface area (Å²) in [5.74, 6) is -1.38. The zero-order chi connectivity index (χ0) is 31.7. The van der Waals surface area contributed by atoms with E-state index in [4.69, 9.17) is 9.47 Å². The average Bonchev–Trinajstić information content (AvgIpc) is 3.19. The molecule has 2 aromatic rings. The maximum atomic E-state index is 14.2. The zero-order valence-electron chi connectivity index (χ0n) is 26.3. The minimum absolute atomic E-state index is 0.0875. The number of nitrogens with zero attached hydrogens (tertiary/aromatic N) is 1. The lowest BCUT2D eigenvalue weighted by atomic mass is 9.95. The molecule has 230 valence electrons. The topological polar surface area (TPSA) is 102 Å². The molecule has 0 radical (unpaired) electrons. The van der Waals surface area contributed by atoms with Crippen LogP contribution in [0.3, 0.4) is 0 Å². The summed E-state index contributed by atoms with van der Waals surface area (Å²) in [4.78, 5) is 55.7. The number of ether oxygens (including phenoxy) is 2. The van der Waals surface area contributed by atoms with Gasteiger partial charge in [-0.1, -0.05) is 75.7 Å². The van der Waals surface area contributed by atoms with E-state index in [0.717, 1.165) is 16.0 Å². The Morgan fingerprint density at radius 3 is 2.09 bits per heavy atom. The highest BCUT2D eigenvalue weighted by Gasteiger charge is 2.45. The highest BCUT2D eigenvalue weighted by molar-refractivity contribution is 6.36. The Bertz CT molecular complexity index is 1350. The van der Waals surface area contributed by atoms with Crippen LogP contribution in [0.2, 0.25) is 0 Å². The molecule has 0 saturated carbocycles. The van der Waals surface area contributed by atoms with Gasteiger partial charge in [0.1, 0.15) is 24.4 Å². The van der Waals surface area contributed by atoms with Crippen molar-refractivity contribution in [3.05, 3.63) is 82.9 Å². The van der Waals surface area contributed by atoms with Crippen LogP contribution in [-0.4, -0.2) is 54.4 Å². The van der Waals surface area contributed by atoms with Crippen molar-refractivity contribution in [3.8, 4) is 5.75 Å². The molecule has 2 aromatic carbocycles. The highest BCUT2D eigenvalue weighted by atomic mass is 16.5. The van der Waals surface area contributed by atoms with Gasteiger partial charge in [-0.15, -0.1) is 0 Å². The summed E-state index contributed by atoms with van der Waals surface area (Å²) in [7, 11) is 1.27. The lowest BCUT2D eigenvalue weighted by Gasteiger charge is -2.28. The molecular weight excluding hydrogens is 544 g/mol. The van der Waals surface area contributed by atoms with Crippen LogP contribution in [0.15, 0.2) is 71.8 Å². The first-order valence-corrected chi connectivity index (χ1v) is 14.8. The highest BCUT2D eigenvalue weighted by Crippen LogP contribution is 2.35. The van der Waals surface area contributed by atoms with Crippen LogP contribution in [0.25, 0.3) is 5.57 Å². The molecule has 0 fully saturated rings. The monoisotopic (exact) mass is 588 g/mol. The van der Waals surface area contributed by atoms with E-state index in [1.807, 2.05) is 78.0 Å². The quantitative estimate of drug-likeness (QED) is 0.177. The molecule has 0 saturated heterocycles. The minimum Gasteiger partial charge on any atom is -0.490 e. The Morgan fingerprint density at radius 2 is 1.53 bits per heavy atom. The Labute approximate surface area is 255 Å². The number of carbonyl (C=O) groups is 4. The van der Waals surface area contributed by atoms with Gasteiger partial charge in [-0.05, 0) is 67.9 Å². The van der Waals surface area contributed by atoms with Gasteiger partial charge in [0.25, 0.3) is 11.8 Å². The number of nitrogens with one attached hydrogen (secondary N) is 1. The van der Waals surface area contributed by atoms with Crippen LogP contribution >= 0.6 is 0 Å². The van der Waals surface area contributed by atoms with Crippen molar-refractivity contribution in [1.82, 2.24) is 10.2 Å². The molecule has 1 aliphatic rings. The van der Waals surface area contributed by atoms with Gasteiger partial charge in [-0.3, -0.25) is 19.3 Å². The van der Waals surface area contributed by atoms with Crippen LogP contribution < -0.4 is 10.1 Å². The van der Waals surface area contributed by atoms with Gasteiger partial charge in [0.05, 0.1) is 12.7 Å². The summed E-state index contributed by atoms with van der Waals surface area (Å²) in [6.07, 6.45) is 2.78. The number of allylic oxidation sites excluding steroid dienone is 1. The molecule has 1 aliphatic heterocycles. The fourth-order valence-electron chi connectivity index (χ4n) is 5.03. The maximum absolute atomic E-state index is 14.2. The van der Waals surface area contributed by atoms with E-state index in [1.54, 1.807) is 24.3 Å². The van der Waals surface area contributed by atoms with E-state index >= 15 is 0 Å². The lowest BCUT2D eigenvalue weighted by Crippen LogP contribution is -2.55. The molecule has 3 rings (SSSR count). The first kappa shape index (κ1) is 33.3. The van der Waals surface area contributed by atoms with Crippen molar-refractivity contribution in [3.63, 3.8) is 0 Å². The fraction of sp³-hybridized carbons (Fsp3) is 0.429. The summed E-state index contributed by atoms with van der Waals surface area (Å²) < 4.78 is 10.7. The van der Waals surface area contributed by atoms with Gasteiger partial charge in [-0.2, -0.15) is 0 Å². The molecule has 8 heteroatoms. The summed E-state index contributed by atoms with van der Waals surface area (Å²) in [5, 5.41) is 2.78. The second-order valence-corrected chi connectivity index (χ2v) is 12.0. The SMILES string of the molecule is COC(=O)C(CC(C)C)NC(=O)C(Cc1ccccc1)N1C(=O)C(CC(C)C)=C(c2ccc(OCC=C(C)C)cc2)C1=O. The van der Waals surface area contributed by atoms with Crippen LogP contribution in [0.4, 0.5) is 0 Å². The second-order valence-electron chi connectivity index (χ2n) is 12.0. The summed E-state index contributed by atoms with van der Waals surface area (Å²) >= 11 is 0. The van der Waals surface area contributed by atoms with Crippen LogP contribution in [0, 0.1) is 11.8 Å². The number of hydrogen-bond acceptors (Lipinski definition) is 6. The Kier molecular flexibility index (Phi) is 11.9. The van der Waals surface area contributed by atoms with Gasteiger partial charge in [0.2, 0.25) is 5.91 Å². The largest absolute Gasteiger partial charge is 0.490 e. The Morgan fingerprint density at radius 1 is 0.884 bits per heavy atom. The van der Waals surface area contributed by atoms with Gasteiger partial charge in [0, 0.05) is 12.0 Å². The van der Waals surface area contributed by atoms with Gasteiger partial charge in [-0.25, -0.2) is 4.79 Å². The van der Waals surface area contributed by atoms with Crippen molar-refractivity contribution in [2.24, 2.45) is 11.8 Å². The van der Waals surface area contributed by atoms with Crippen molar-refractivity contribution in [1.29, 1.82) is 0 Å². The first-order chi connectivity index (χ1) is 20.4. The molecule has 3 amide bonds. The molecule has 0 aliphatic carbocycles. The Balaban J connectivity index is 2.01. The van der Waals surface area contributed by atoms with Crippen LogP contribution in [0.1, 0.15) is 65.5 Å². The summed E-state index contributed by atoms with van der Waals surface area (Å²) in [6, 6.07) is 14.2. The minimum atomic E-state index is -1.17. The van der Waals surface area contributed by atoms with Crippen molar-refractivity contribution >= 4 is 29.3 Å². The van der Waals surface area contributed by atoms with Gasteiger partial charge < -0.3 is 14.8 Å². The molecule has 0 spiro atoms. The standard InChI is InChI=1S/C35H44N2O6/c1-22(2)17-18-43-27-15-13-26(14-16-27)31-28(19-23(3)4)33(39)37(34(31)40)30(21-25-11-9-8-10-12-25)32(38)36-29(20-24(5)6)35(41)42-7/h8-17,23-24,29-30H,18-21H2,1-7H3,(H,36,38). The predicted octanol–water partition coefficient (Wildman–Crippen LogP) is 5.52. The zero-order valence-corrected chi connectivity index (χ0v) is 26.3. The second kappa shape index (κ2) is 15.3. The van der Waals surface area contributed by atoms with E-state index in [1.165, 1.54) is 7.11 Å². The summed E-state index contributed by atoms with van der Waals surface area (Å²) in [6.45, 7) is 12.2. The molecular formula is C35H44N2O6. The number of carbonyl (C=O) groups excluding carboxylic acids is 4. The molecule has 1 heterocycles.